The Bertz CT molecular complexity index is 418. The Kier molecular flexibility index (Phi) is 4.59. The van der Waals surface area contributed by atoms with Gasteiger partial charge in [0, 0.05) is 19.0 Å². The topological polar surface area (TPSA) is 75.5 Å². The molecule has 1 N–H and O–H groups in total. The number of amides is 1. The van der Waals surface area contributed by atoms with Crippen LogP contribution in [0.25, 0.3) is 0 Å². The van der Waals surface area contributed by atoms with E-state index in [1.807, 2.05) is 19.0 Å². The highest BCUT2D eigenvalue weighted by Gasteiger charge is 2.14. The Morgan fingerprint density at radius 1 is 1.41 bits per heavy atom. The molecular weight excluding hydrogens is 222 g/mol. The molecule has 0 radical (unpaired) electrons. The van der Waals surface area contributed by atoms with Crippen molar-refractivity contribution in [2.24, 2.45) is 0 Å². The van der Waals surface area contributed by atoms with E-state index in [0.717, 1.165) is 0 Å². The van der Waals surface area contributed by atoms with Gasteiger partial charge in [0.05, 0.1) is 4.92 Å². The second kappa shape index (κ2) is 5.95. The Morgan fingerprint density at radius 2 is 2.06 bits per heavy atom. The van der Waals surface area contributed by atoms with Crippen LogP contribution in [0.1, 0.15) is 6.42 Å². The van der Waals surface area contributed by atoms with Gasteiger partial charge in [0.15, 0.2) is 0 Å². The highest BCUT2D eigenvalue weighted by atomic mass is 16.6. The molecule has 0 aromatic heterocycles. The van der Waals surface area contributed by atoms with Crippen molar-refractivity contribution in [2.75, 3.05) is 26.0 Å². The zero-order valence-corrected chi connectivity index (χ0v) is 9.84. The number of nitro benzene ring substituents is 1. The number of carbonyl (C=O) groups excluding carboxylic acids is 1. The third kappa shape index (κ3) is 4.20. The van der Waals surface area contributed by atoms with Crippen LogP contribution in [0.5, 0.6) is 0 Å². The monoisotopic (exact) mass is 237 g/mol. The summed E-state index contributed by atoms with van der Waals surface area (Å²) in [6.07, 6.45) is 0.305. The van der Waals surface area contributed by atoms with Crippen molar-refractivity contribution >= 4 is 17.3 Å². The van der Waals surface area contributed by atoms with Gasteiger partial charge in [-0.1, -0.05) is 12.1 Å². The quantitative estimate of drug-likeness (QED) is 0.621. The minimum atomic E-state index is -0.512. The number of benzene rings is 1. The number of anilines is 1. The maximum atomic E-state index is 11.5. The van der Waals surface area contributed by atoms with Crippen molar-refractivity contribution in [2.45, 2.75) is 6.42 Å². The third-order valence-corrected chi connectivity index (χ3v) is 2.16. The van der Waals surface area contributed by atoms with Crippen LogP contribution >= 0.6 is 0 Å². The smallest absolute Gasteiger partial charge is 0.292 e. The molecule has 0 heterocycles. The first kappa shape index (κ1) is 13.1. The number of hydrogen-bond donors (Lipinski definition) is 1. The minimum absolute atomic E-state index is 0.0919. The molecule has 0 saturated carbocycles. The molecule has 0 aliphatic carbocycles. The van der Waals surface area contributed by atoms with Gasteiger partial charge in [0.1, 0.15) is 5.69 Å². The molecule has 1 aromatic rings. The second-order valence-electron chi connectivity index (χ2n) is 3.88. The lowest BCUT2D eigenvalue weighted by atomic mass is 10.2. The van der Waals surface area contributed by atoms with Crippen molar-refractivity contribution in [1.29, 1.82) is 0 Å². The molecular formula is C11H15N3O3. The number of hydrogen-bond acceptors (Lipinski definition) is 4. The van der Waals surface area contributed by atoms with Gasteiger partial charge in [0.2, 0.25) is 5.91 Å². The fraction of sp³-hybridized carbons (Fsp3) is 0.364. The lowest BCUT2D eigenvalue weighted by molar-refractivity contribution is -0.383. The third-order valence-electron chi connectivity index (χ3n) is 2.16. The fourth-order valence-electron chi connectivity index (χ4n) is 1.28. The van der Waals surface area contributed by atoms with Crippen molar-refractivity contribution in [3.63, 3.8) is 0 Å². The molecule has 0 unspecified atom stereocenters. The Hall–Kier alpha value is -1.95. The molecule has 1 aromatic carbocycles. The minimum Gasteiger partial charge on any atom is -0.320 e. The Morgan fingerprint density at radius 3 is 2.65 bits per heavy atom. The summed E-state index contributed by atoms with van der Waals surface area (Å²) in [6, 6.07) is 6.09. The Balaban J connectivity index is 2.68. The molecule has 1 amide bonds. The number of nitro groups is 1. The van der Waals surface area contributed by atoms with Gasteiger partial charge in [-0.15, -0.1) is 0 Å². The van der Waals surface area contributed by atoms with Gasteiger partial charge in [-0.05, 0) is 20.2 Å². The van der Waals surface area contributed by atoms with Crippen molar-refractivity contribution in [1.82, 2.24) is 4.90 Å². The first-order chi connectivity index (χ1) is 8.00. The molecule has 0 fully saturated rings. The average molecular weight is 237 g/mol. The van der Waals surface area contributed by atoms with Crippen molar-refractivity contribution < 1.29 is 9.72 Å². The zero-order valence-electron chi connectivity index (χ0n) is 9.84. The van der Waals surface area contributed by atoms with E-state index in [4.69, 9.17) is 0 Å². The molecule has 0 saturated heterocycles. The number of carbonyl (C=O) groups is 1. The molecule has 0 atom stereocenters. The molecule has 0 aliphatic rings. The number of nitrogens with one attached hydrogen (secondary N) is 1. The van der Waals surface area contributed by atoms with Crippen LogP contribution in [0, 0.1) is 10.1 Å². The summed E-state index contributed by atoms with van der Waals surface area (Å²) in [5, 5.41) is 13.3. The van der Waals surface area contributed by atoms with Gasteiger partial charge in [-0.3, -0.25) is 14.9 Å². The highest BCUT2D eigenvalue weighted by molar-refractivity contribution is 5.93. The van der Waals surface area contributed by atoms with E-state index in [9.17, 15) is 14.9 Å². The molecule has 6 heteroatoms. The number of rotatable bonds is 5. The van der Waals surface area contributed by atoms with E-state index in [-0.39, 0.29) is 17.3 Å². The summed E-state index contributed by atoms with van der Waals surface area (Å²) in [5.41, 5.74) is 0.145. The van der Waals surface area contributed by atoms with Crippen molar-refractivity contribution in [3.05, 3.63) is 34.4 Å². The average Bonchev–Trinajstić information content (AvgIpc) is 2.27. The first-order valence-electron chi connectivity index (χ1n) is 5.18. The standard InChI is InChI=1S/C11H15N3O3/c1-13(2)8-7-11(15)12-9-5-3-4-6-10(9)14(16)17/h3-6H,7-8H2,1-2H3,(H,12,15). The molecule has 0 spiro atoms. The Labute approximate surface area is 99.4 Å². The van der Waals surface area contributed by atoms with E-state index in [2.05, 4.69) is 5.32 Å². The van der Waals surface area contributed by atoms with Gasteiger partial charge in [-0.2, -0.15) is 0 Å². The SMILES string of the molecule is CN(C)CCC(=O)Nc1ccccc1[N+](=O)[O-]. The van der Waals surface area contributed by atoms with E-state index >= 15 is 0 Å². The van der Waals surface area contributed by atoms with Gasteiger partial charge >= 0.3 is 0 Å². The van der Waals surface area contributed by atoms with E-state index in [1.165, 1.54) is 12.1 Å². The predicted molar refractivity (Wildman–Crippen MR) is 64.9 cm³/mol. The zero-order chi connectivity index (χ0) is 12.8. The summed E-state index contributed by atoms with van der Waals surface area (Å²) in [6.45, 7) is 0.604. The van der Waals surface area contributed by atoms with Crippen LogP contribution in [0.3, 0.4) is 0 Å². The summed E-state index contributed by atoms with van der Waals surface area (Å²) in [7, 11) is 3.72. The van der Waals surface area contributed by atoms with Crippen LogP contribution in [0.4, 0.5) is 11.4 Å². The van der Waals surface area contributed by atoms with Crippen LogP contribution < -0.4 is 5.32 Å². The molecule has 0 aliphatic heterocycles. The lowest BCUT2D eigenvalue weighted by Crippen LogP contribution is -2.21. The molecule has 17 heavy (non-hydrogen) atoms. The van der Waals surface area contributed by atoms with Gasteiger partial charge < -0.3 is 10.2 Å². The lowest BCUT2D eigenvalue weighted by Gasteiger charge is -2.09. The number of para-hydroxylation sites is 2. The molecule has 92 valence electrons. The van der Waals surface area contributed by atoms with E-state index in [1.54, 1.807) is 12.1 Å². The van der Waals surface area contributed by atoms with E-state index < -0.39 is 4.92 Å². The molecule has 1 rings (SSSR count). The van der Waals surface area contributed by atoms with Gasteiger partial charge in [-0.25, -0.2) is 0 Å². The summed E-state index contributed by atoms with van der Waals surface area (Å²) < 4.78 is 0. The normalized spacial score (nSPS) is 10.3. The molecule has 6 nitrogen and oxygen atoms in total. The van der Waals surface area contributed by atoms with E-state index in [0.29, 0.717) is 13.0 Å². The summed E-state index contributed by atoms with van der Waals surface area (Å²) in [5.74, 6) is -0.229. The highest BCUT2D eigenvalue weighted by Crippen LogP contribution is 2.23. The first-order valence-corrected chi connectivity index (χ1v) is 5.18. The van der Waals surface area contributed by atoms with Crippen LogP contribution in [0.2, 0.25) is 0 Å². The van der Waals surface area contributed by atoms with Crippen LogP contribution in [-0.2, 0) is 4.79 Å². The maximum absolute atomic E-state index is 11.5. The second-order valence-corrected chi connectivity index (χ2v) is 3.88. The number of nitrogens with zero attached hydrogens (tertiary/aromatic N) is 2. The van der Waals surface area contributed by atoms with Crippen LogP contribution in [-0.4, -0.2) is 36.4 Å². The van der Waals surface area contributed by atoms with Crippen LogP contribution in [0.15, 0.2) is 24.3 Å². The van der Waals surface area contributed by atoms with Crippen molar-refractivity contribution in [3.8, 4) is 0 Å². The summed E-state index contributed by atoms with van der Waals surface area (Å²) >= 11 is 0. The predicted octanol–water partition coefficient (Wildman–Crippen LogP) is 1.48. The maximum Gasteiger partial charge on any atom is 0.292 e. The summed E-state index contributed by atoms with van der Waals surface area (Å²) in [4.78, 5) is 23.6. The molecule has 0 bridgehead atoms. The van der Waals surface area contributed by atoms with Gasteiger partial charge in [0.25, 0.3) is 5.69 Å². The largest absolute Gasteiger partial charge is 0.320 e. The fourth-order valence-corrected chi connectivity index (χ4v) is 1.28.